The molecule has 0 amide bonds. The highest BCUT2D eigenvalue weighted by Gasteiger charge is 2.14. The van der Waals surface area contributed by atoms with Gasteiger partial charge in [0.1, 0.15) is 0 Å². The number of anilines is 2. The van der Waals surface area contributed by atoms with Crippen LogP contribution in [0.3, 0.4) is 0 Å². The predicted octanol–water partition coefficient (Wildman–Crippen LogP) is 1.64. The number of aromatic amines is 1. The van der Waals surface area contributed by atoms with E-state index in [2.05, 4.69) is 20.0 Å². The first-order chi connectivity index (χ1) is 8.62. The standard InChI is InChI=1S/C11H14N4O2S/c1-2-12-9-3-5-10(6-4-9)18(16,17)15-11-13-7-8-14-11/h3-8,12H,2H2,1H3,(H2,13,14,15). The lowest BCUT2D eigenvalue weighted by molar-refractivity contribution is 0.601. The molecule has 0 aliphatic heterocycles. The molecule has 0 saturated carbocycles. The van der Waals surface area contributed by atoms with E-state index in [-0.39, 0.29) is 10.8 Å². The lowest BCUT2D eigenvalue weighted by Gasteiger charge is -2.07. The van der Waals surface area contributed by atoms with E-state index >= 15 is 0 Å². The number of aromatic nitrogens is 2. The number of hydrogen-bond donors (Lipinski definition) is 3. The zero-order valence-electron chi connectivity index (χ0n) is 9.84. The molecule has 0 saturated heterocycles. The van der Waals surface area contributed by atoms with Crippen LogP contribution in [0.25, 0.3) is 0 Å². The van der Waals surface area contributed by atoms with E-state index in [1.165, 1.54) is 6.20 Å². The van der Waals surface area contributed by atoms with Crippen LogP contribution in [0.15, 0.2) is 41.6 Å². The molecular weight excluding hydrogens is 252 g/mol. The molecule has 0 aliphatic carbocycles. The fourth-order valence-corrected chi connectivity index (χ4v) is 2.44. The minimum absolute atomic E-state index is 0.195. The van der Waals surface area contributed by atoms with Crippen molar-refractivity contribution in [2.75, 3.05) is 16.6 Å². The molecule has 1 aromatic heterocycles. The first kappa shape index (κ1) is 12.4. The van der Waals surface area contributed by atoms with E-state index in [1.807, 2.05) is 6.92 Å². The summed E-state index contributed by atoms with van der Waals surface area (Å²) >= 11 is 0. The molecule has 0 atom stereocenters. The van der Waals surface area contributed by atoms with Crippen LogP contribution in [0.5, 0.6) is 0 Å². The maximum absolute atomic E-state index is 12.0. The van der Waals surface area contributed by atoms with Gasteiger partial charge in [0, 0.05) is 24.6 Å². The monoisotopic (exact) mass is 266 g/mol. The molecule has 7 heteroatoms. The third-order valence-corrected chi connectivity index (χ3v) is 3.63. The fraction of sp³-hybridized carbons (Fsp3) is 0.182. The Morgan fingerprint density at radius 2 is 2.00 bits per heavy atom. The van der Waals surface area contributed by atoms with Crippen molar-refractivity contribution in [1.29, 1.82) is 0 Å². The summed E-state index contributed by atoms with van der Waals surface area (Å²) in [5.41, 5.74) is 0.884. The zero-order chi connectivity index (χ0) is 13.0. The minimum Gasteiger partial charge on any atom is -0.385 e. The summed E-state index contributed by atoms with van der Waals surface area (Å²) in [7, 11) is -3.59. The van der Waals surface area contributed by atoms with E-state index in [1.54, 1.807) is 30.5 Å². The first-order valence-electron chi connectivity index (χ1n) is 5.48. The van der Waals surface area contributed by atoms with Crippen molar-refractivity contribution in [2.24, 2.45) is 0 Å². The molecular formula is C11H14N4O2S. The van der Waals surface area contributed by atoms with Crippen LogP contribution in [0.2, 0.25) is 0 Å². The first-order valence-corrected chi connectivity index (χ1v) is 6.96. The van der Waals surface area contributed by atoms with Crippen molar-refractivity contribution in [1.82, 2.24) is 9.97 Å². The number of imidazole rings is 1. The normalized spacial score (nSPS) is 11.2. The summed E-state index contributed by atoms with van der Waals surface area (Å²) in [6, 6.07) is 6.53. The van der Waals surface area contributed by atoms with Crippen molar-refractivity contribution in [3.8, 4) is 0 Å². The highest BCUT2D eigenvalue weighted by molar-refractivity contribution is 7.92. The van der Waals surface area contributed by atoms with Crippen molar-refractivity contribution >= 4 is 21.7 Å². The number of hydrogen-bond acceptors (Lipinski definition) is 4. The molecule has 0 spiro atoms. The Morgan fingerprint density at radius 1 is 1.28 bits per heavy atom. The molecule has 1 heterocycles. The average Bonchev–Trinajstić information content (AvgIpc) is 2.82. The summed E-state index contributed by atoms with van der Waals surface area (Å²) in [5.74, 6) is 0.200. The van der Waals surface area contributed by atoms with Gasteiger partial charge in [0.25, 0.3) is 10.0 Å². The number of rotatable bonds is 5. The van der Waals surface area contributed by atoms with Crippen molar-refractivity contribution in [2.45, 2.75) is 11.8 Å². The Balaban J connectivity index is 2.19. The molecule has 96 valence electrons. The largest absolute Gasteiger partial charge is 0.385 e. The van der Waals surface area contributed by atoms with E-state index < -0.39 is 10.0 Å². The molecule has 0 fully saturated rings. The van der Waals surface area contributed by atoms with Crippen LogP contribution in [-0.2, 0) is 10.0 Å². The maximum Gasteiger partial charge on any atom is 0.264 e. The second-order valence-corrected chi connectivity index (χ2v) is 5.28. The smallest absolute Gasteiger partial charge is 0.264 e. The number of sulfonamides is 1. The number of benzene rings is 1. The summed E-state index contributed by atoms with van der Waals surface area (Å²) < 4.78 is 26.3. The minimum atomic E-state index is -3.59. The Kier molecular flexibility index (Phi) is 3.52. The van der Waals surface area contributed by atoms with Gasteiger partial charge in [-0.1, -0.05) is 0 Å². The molecule has 2 aromatic rings. The Labute approximate surface area is 106 Å². The lowest BCUT2D eigenvalue weighted by Crippen LogP contribution is -2.13. The summed E-state index contributed by atoms with van der Waals surface area (Å²) in [4.78, 5) is 6.69. The highest BCUT2D eigenvalue weighted by Crippen LogP contribution is 2.16. The molecule has 1 aromatic carbocycles. The van der Waals surface area contributed by atoms with Crippen LogP contribution < -0.4 is 10.0 Å². The van der Waals surface area contributed by atoms with Crippen LogP contribution >= 0.6 is 0 Å². The van der Waals surface area contributed by atoms with E-state index in [0.29, 0.717) is 0 Å². The summed E-state index contributed by atoms with van der Waals surface area (Å²) in [6.45, 7) is 2.76. The molecule has 2 rings (SSSR count). The van der Waals surface area contributed by atoms with Gasteiger partial charge in [0.05, 0.1) is 4.90 Å². The Hall–Kier alpha value is -2.02. The third-order valence-electron chi connectivity index (χ3n) is 2.27. The SMILES string of the molecule is CCNc1ccc(S(=O)(=O)Nc2ncc[nH]2)cc1. The molecule has 6 nitrogen and oxygen atoms in total. The van der Waals surface area contributed by atoms with Crippen LogP contribution in [-0.4, -0.2) is 24.9 Å². The number of nitrogens with zero attached hydrogens (tertiary/aromatic N) is 1. The molecule has 18 heavy (non-hydrogen) atoms. The van der Waals surface area contributed by atoms with Crippen molar-refractivity contribution in [3.05, 3.63) is 36.7 Å². The second kappa shape index (κ2) is 5.09. The van der Waals surface area contributed by atoms with Gasteiger partial charge in [-0.05, 0) is 31.2 Å². The van der Waals surface area contributed by atoms with Gasteiger partial charge in [0.15, 0.2) is 0 Å². The van der Waals surface area contributed by atoms with Gasteiger partial charge >= 0.3 is 0 Å². The summed E-state index contributed by atoms with van der Waals surface area (Å²) in [6.07, 6.45) is 3.03. The van der Waals surface area contributed by atoms with Gasteiger partial charge in [-0.3, -0.25) is 0 Å². The van der Waals surface area contributed by atoms with E-state index in [4.69, 9.17) is 0 Å². The zero-order valence-corrected chi connectivity index (χ0v) is 10.7. The average molecular weight is 266 g/mol. The van der Waals surface area contributed by atoms with Crippen molar-refractivity contribution in [3.63, 3.8) is 0 Å². The predicted molar refractivity (Wildman–Crippen MR) is 70.0 cm³/mol. The van der Waals surface area contributed by atoms with Gasteiger partial charge in [-0.2, -0.15) is 0 Å². The third kappa shape index (κ3) is 2.80. The van der Waals surface area contributed by atoms with E-state index in [0.717, 1.165) is 12.2 Å². The second-order valence-electron chi connectivity index (χ2n) is 3.60. The number of H-pyrrole nitrogens is 1. The maximum atomic E-state index is 12.0. The Bertz CT molecular complexity index is 590. The van der Waals surface area contributed by atoms with Crippen LogP contribution in [0, 0.1) is 0 Å². The lowest BCUT2D eigenvalue weighted by atomic mass is 10.3. The molecule has 0 aliphatic rings. The number of nitrogens with one attached hydrogen (secondary N) is 3. The van der Waals surface area contributed by atoms with Gasteiger partial charge in [-0.25, -0.2) is 18.1 Å². The Morgan fingerprint density at radius 3 is 2.56 bits per heavy atom. The molecule has 0 radical (unpaired) electrons. The van der Waals surface area contributed by atoms with Crippen molar-refractivity contribution < 1.29 is 8.42 Å². The summed E-state index contributed by atoms with van der Waals surface area (Å²) in [5, 5.41) is 3.10. The van der Waals surface area contributed by atoms with Gasteiger partial charge < -0.3 is 10.3 Å². The quantitative estimate of drug-likeness (QED) is 0.768. The van der Waals surface area contributed by atoms with E-state index in [9.17, 15) is 8.42 Å². The van der Waals surface area contributed by atoms with Gasteiger partial charge in [0.2, 0.25) is 5.95 Å². The topological polar surface area (TPSA) is 86.9 Å². The molecule has 3 N–H and O–H groups in total. The van der Waals surface area contributed by atoms with Gasteiger partial charge in [-0.15, -0.1) is 0 Å². The molecule has 0 unspecified atom stereocenters. The van der Waals surface area contributed by atoms with Crippen LogP contribution in [0.1, 0.15) is 6.92 Å². The molecule has 0 bridgehead atoms. The highest BCUT2D eigenvalue weighted by atomic mass is 32.2. The van der Waals surface area contributed by atoms with Crippen LogP contribution in [0.4, 0.5) is 11.6 Å². The fourth-order valence-electron chi connectivity index (χ4n) is 1.46.